The number of hydrogen-bond acceptors (Lipinski definition) is 4. The van der Waals surface area contributed by atoms with E-state index in [1.807, 2.05) is 20.8 Å². The highest BCUT2D eigenvalue weighted by atomic mass is 16.4. The molecule has 0 radical (unpaired) electrons. The molecule has 4 nitrogen and oxygen atoms in total. The second-order valence-electron chi connectivity index (χ2n) is 5.32. The molecule has 0 heterocycles. The standard InChI is InChI=1S/C11H18O4/c1-10(2,3)6-11(15)8(13)5-4-7(12)9(11)14/h4-5,7,9,12,14-15H,6H2,1-3H3/t7-,9+,11-/m0/s1. The van der Waals surface area contributed by atoms with Gasteiger partial charge < -0.3 is 15.3 Å². The highest BCUT2D eigenvalue weighted by Crippen LogP contribution is 2.33. The van der Waals surface area contributed by atoms with Gasteiger partial charge in [0, 0.05) is 0 Å². The summed E-state index contributed by atoms with van der Waals surface area (Å²) >= 11 is 0. The van der Waals surface area contributed by atoms with Gasteiger partial charge in [-0.25, -0.2) is 0 Å². The molecule has 3 atom stereocenters. The molecule has 0 aromatic carbocycles. The van der Waals surface area contributed by atoms with Crippen LogP contribution in [0.1, 0.15) is 27.2 Å². The number of carbonyl (C=O) groups excluding carboxylic acids is 1. The van der Waals surface area contributed by atoms with Crippen molar-refractivity contribution >= 4 is 5.78 Å². The summed E-state index contributed by atoms with van der Waals surface area (Å²) in [6, 6.07) is 0. The summed E-state index contributed by atoms with van der Waals surface area (Å²) in [4.78, 5) is 11.5. The third-order valence-corrected chi connectivity index (χ3v) is 2.48. The van der Waals surface area contributed by atoms with Crippen molar-refractivity contribution < 1.29 is 20.1 Å². The first-order chi connectivity index (χ1) is 6.67. The largest absolute Gasteiger partial charge is 0.387 e. The Balaban J connectivity index is 2.99. The van der Waals surface area contributed by atoms with E-state index in [1.54, 1.807) is 0 Å². The van der Waals surface area contributed by atoms with Crippen LogP contribution in [0.15, 0.2) is 12.2 Å². The van der Waals surface area contributed by atoms with Gasteiger partial charge >= 0.3 is 0 Å². The fourth-order valence-electron chi connectivity index (χ4n) is 1.86. The Morgan fingerprint density at radius 3 is 2.40 bits per heavy atom. The quantitative estimate of drug-likeness (QED) is 0.575. The lowest BCUT2D eigenvalue weighted by Gasteiger charge is -2.39. The lowest BCUT2D eigenvalue weighted by atomic mass is 9.73. The number of ketones is 1. The van der Waals surface area contributed by atoms with Gasteiger partial charge in [-0.15, -0.1) is 0 Å². The molecule has 0 bridgehead atoms. The van der Waals surface area contributed by atoms with Crippen molar-refractivity contribution in [3.8, 4) is 0 Å². The molecule has 0 saturated heterocycles. The summed E-state index contributed by atoms with van der Waals surface area (Å²) in [6.07, 6.45) is -0.196. The summed E-state index contributed by atoms with van der Waals surface area (Å²) < 4.78 is 0. The van der Waals surface area contributed by atoms with Crippen LogP contribution in [0.4, 0.5) is 0 Å². The van der Waals surface area contributed by atoms with Crippen LogP contribution in [-0.2, 0) is 4.79 Å². The molecule has 0 aromatic rings. The predicted molar refractivity (Wildman–Crippen MR) is 55.2 cm³/mol. The van der Waals surface area contributed by atoms with Gasteiger partial charge in [-0.3, -0.25) is 4.79 Å². The third kappa shape index (κ3) is 2.45. The number of aliphatic hydroxyl groups is 3. The Morgan fingerprint density at radius 2 is 1.93 bits per heavy atom. The molecular weight excluding hydrogens is 196 g/mol. The van der Waals surface area contributed by atoms with Crippen molar-refractivity contribution in [2.45, 2.75) is 45.0 Å². The highest BCUT2D eigenvalue weighted by Gasteiger charge is 2.48. The molecule has 0 saturated carbocycles. The molecular formula is C11H18O4. The van der Waals surface area contributed by atoms with Crippen LogP contribution in [0.3, 0.4) is 0 Å². The van der Waals surface area contributed by atoms with E-state index >= 15 is 0 Å². The highest BCUT2D eigenvalue weighted by molar-refractivity contribution is 5.98. The average molecular weight is 214 g/mol. The molecule has 1 aliphatic rings. The summed E-state index contributed by atoms with van der Waals surface area (Å²) in [6.45, 7) is 5.57. The maximum Gasteiger partial charge on any atom is 0.189 e. The minimum absolute atomic E-state index is 0.113. The van der Waals surface area contributed by atoms with E-state index in [0.29, 0.717) is 0 Å². The van der Waals surface area contributed by atoms with Gasteiger partial charge in [0.25, 0.3) is 0 Å². The second kappa shape index (κ2) is 3.70. The first kappa shape index (κ1) is 12.4. The van der Waals surface area contributed by atoms with Crippen molar-refractivity contribution in [1.29, 1.82) is 0 Å². The normalized spacial score (nSPS) is 37.1. The zero-order valence-corrected chi connectivity index (χ0v) is 9.27. The summed E-state index contributed by atoms with van der Waals surface area (Å²) in [5.41, 5.74) is -2.18. The van der Waals surface area contributed by atoms with Gasteiger partial charge in [0.1, 0.15) is 12.2 Å². The summed E-state index contributed by atoms with van der Waals surface area (Å²) in [5.74, 6) is -0.546. The predicted octanol–water partition coefficient (Wildman–Crippen LogP) is 0.0144. The molecule has 0 amide bonds. The van der Waals surface area contributed by atoms with Crippen LogP contribution < -0.4 is 0 Å². The fourth-order valence-corrected chi connectivity index (χ4v) is 1.86. The number of aliphatic hydroxyl groups excluding tert-OH is 2. The molecule has 4 heteroatoms. The summed E-state index contributed by atoms with van der Waals surface area (Å²) in [5, 5.41) is 29.1. The van der Waals surface area contributed by atoms with E-state index in [4.69, 9.17) is 0 Å². The van der Waals surface area contributed by atoms with E-state index < -0.39 is 23.6 Å². The van der Waals surface area contributed by atoms with Crippen molar-refractivity contribution in [1.82, 2.24) is 0 Å². The lowest BCUT2D eigenvalue weighted by molar-refractivity contribution is -0.163. The molecule has 0 unspecified atom stereocenters. The molecule has 0 fully saturated rings. The SMILES string of the molecule is CC(C)(C)C[C@]1(O)C(=O)C=C[C@H](O)[C@H]1O. The van der Waals surface area contributed by atoms with Crippen molar-refractivity contribution in [2.75, 3.05) is 0 Å². The van der Waals surface area contributed by atoms with Gasteiger partial charge in [-0.05, 0) is 24.0 Å². The smallest absolute Gasteiger partial charge is 0.189 e. The Kier molecular flexibility index (Phi) is 3.05. The van der Waals surface area contributed by atoms with Crippen molar-refractivity contribution in [3.05, 3.63) is 12.2 Å². The van der Waals surface area contributed by atoms with Crippen molar-refractivity contribution in [3.63, 3.8) is 0 Å². The maximum absolute atomic E-state index is 11.5. The molecule has 1 aliphatic carbocycles. The number of hydrogen-bond donors (Lipinski definition) is 3. The Morgan fingerprint density at radius 1 is 1.40 bits per heavy atom. The monoisotopic (exact) mass is 214 g/mol. The number of carbonyl (C=O) groups is 1. The van der Waals surface area contributed by atoms with E-state index in [2.05, 4.69) is 0 Å². The molecule has 15 heavy (non-hydrogen) atoms. The maximum atomic E-state index is 11.5. The Hall–Kier alpha value is -0.710. The van der Waals surface area contributed by atoms with Gasteiger partial charge in [0.15, 0.2) is 11.4 Å². The average Bonchev–Trinajstić information content (AvgIpc) is 2.06. The molecule has 3 N–H and O–H groups in total. The topological polar surface area (TPSA) is 77.8 Å². The van der Waals surface area contributed by atoms with Crippen LogP contribution in [0.2, 0.25) is 0 Å². The molecule has 1 rings (SSSR count). The fraction of sp³-hybridized carbons (Fsp3) is 0.727. The van der Waals surface area contributed by atoms with E-state index in [9.17, 15) is 20.1 Å². The minimum Gasteiger partial charge on any atom is -0.387 e. The van der Waals surface area contributed by atoms with E-state index in [1.165, 1.54) is 6.08 Å². The van der Waals surface area contributed by atoms with E-state index in [0.717, 1.165) is 6.08 Å². The van der Waals surface area contributed by atoms with Gasteiger partial charge in [0.05, 0.1) is 0 Å². The van der Waals surface area contributed by atoms with Crippen LogP contribution in [-0.4, -0.2) is 38.9 Å². The zero-order chi connectivity index (χ0) is 11.9. The number of rotatable bonds is 1. The molecule has 0 spiro atoms. The van der Waals surface area contributed by atoms with E-state index in [-0.39, 0.29) is 11.8 Å². The molecule has 0 aromatic heterocycles. The lowest BCUT2D eigenvalue weighted by Crippen LogP contribution is -2.57. The molecule has 0 aliphatic heterocycles. The van der Waals surface area contributed by atoms with Gasteiger partial charge in [-0.1, -0.05) is 20.8 Å². The first-order valence-electron chi connectivity index (χ1n) is 4.98. The van der Waals surface area contributed by atoms with Crippen LogP contribution >= 0.6 is 0 Å². The second-order valence-corrected chi connectivity index (χ2v) is 5.32. The molecule has 86 valence electrons. The first-order valence-corrected chi connectivity index (χ1v) is 4.98. The Labute approximate surface area is 89.2 Å². The van der Waals surface area contributed by atoms with Gasteiger partial charge in [0.2, 0.25) is 0 Å². The summed E-state index contributed by atoms with van der Waals surface area (Å²) in [7, 11) is 0. The Bertz CT molecular complexity index is 289. The van der Waals surface area contributed by atoms with Gasteiger partial charge in [-0.2, -0.15) is 0 Å². The zero-order valence-electron chi connectivity index (χ0n) is 9.27. The van der Waals surface area contributed by atoms with Crippen LogP contribution in [0, 0.1) is 5.41 Å². The minimum atomic E-state index is -1.87. The van der Waals surface area contributed by atoms with Crippen molar-refractivity contribution in [2.24, 2.45) is 5.41 Å². The third-order valence-electron chi connectivity index (χ3n) is 2.48. The van der Waals surface area contributed by atoms with Crippen LogP contribution in [0.25, 0.3) is 0 Å². The van der Waals surface area contributed by atoms with Crippen LogP contribution in [0.5, 0.6) is 0 Å².